The predicted octanol–water partition coefficient (Wildman–Crippen LogP) is 9.07. The molecule has 0 bridgehead atoms. The average Bonchev–Trinajstić information content (AvgIpc) is 3.38. The molecule has 0 atom stereocenters. The average molecular weight is 576 g/mol. The Labute approximate surface area is 247 Å². The number of nitrogens with zero attached hydrogens (tertiary/aromatic N) is 2. The van der Waals surface area contributed by atoms with Crippen molar-refractivity contribution in [1.82, 2.24) is 9.88 Å². The third kappa shape index (κ3) is 5.99. The summed E-state index contributed by atoms with van der Waals surface area (Å²) in [6.07, 6.45) is 6.48. The van der Waals surface area contributed by atoms with Gasteiger partial charge in [-0.15, -0.1) is 0 Å². The van der Waals surface area contributed by atoms with Gasteiger partial charge >= 0.3 is 0 Å². The summed E-state index contributed by atoms with van der Waals surface area (Å²) in [4.78, 5) is 19.7. The highest BCUT2D eigenvalue weighted by molar-refractivity contribution is 6.42. The number of aryl methyl sites for hydroxylation is 1. The number of pyridine rings is 1. The fraction of sp³-hybridized carbons (Fsp3) is 0.353. The molecule has 2 aromatic carbocycles. The summed E-state index contributed by atoms with van der Waals surface area (Å²) in [7, 11) is 0. The van der Waals surface area contributed by atoms with E-state index in [1.807, 2.05) is 24.3 Å². The van der Waals surface area contributed by atoms with Crippen LogP contribution in [0.15, 0.2) is 71.4 Å². The Balaban J connectivity index is 1.41. The van der Waals surface area contributed by atoms with Crippen LogP contribution in [0.4, 0.5) is 0 Å². The van der Waals surface area contributed by atoms with Gasteiger partial charge in [0.25, 0.3) is 5.91 Å². The minimum absolute atomic E-state index is 0.134. The second kappa shape index (κ2) is 11.1. The van der Waals surface area contributed by atoms with E-state index in [4.69, 9.17) is 27.6 Å². The topological polar surface area (TPSA) is 46.3 Å². The summed E-state index contributed by atoms with van der Waals surface area (Å²) in [6.45, 7) is 12.3. The zero-order valence-corrected chi connectivity index (χ0v) is 25.4. The maximum atomic E-state index is 13.7. The molecule has 40 heavy (non-hydrogen) atoms. The molecular formula is C34H36Cl2N2O2. The SMILES string of the molecule is Cc1cc2c(cc1Cc1ccc(C(=O)N(Cc3cccnc3)Cc3ccc(Cl)c(Cl)c3)o1)C(C)(C)CCC2(C)C. The van der Waals surface area contributed by atoms with Crippen LogP contribution < -0.4 is 0 Å². The highest BCUT2D eigenvalue weighted by Crippen LogP contribution is 2.46. The minimum atomic E-state index is -0.189. The van der Waals surface area contributed by atoms with Gasteiger partial charge in [-0.2, -0.15) is 0 Å². The van der Waals surface area contributed by atoms with Crippen molar-refractivity contribution in [3.05, 3.63) is 122 Å². The van der Waals surface area contributed by atoms with Gasteiger partial charge in [0.15, 0.2) is 5.76 Å². The molecule has 0 unspecified atom stereocenters. The lowest BCUT2D eigenvalue weighted by molar-refractivity contribution is 0.0695. The molecule has 1 aliphatic carbocycles. The molecule has 1 amide bonds. The molecule has 6 heteroatoms. The number of carbonyl (C=O) groups is 1. The van der Waals surface area contributed by atoms with Gasteiger partial charge in [0, 0.05) is 31.9 Å². The number of carbonyl (C=O) groups excluding carboxylic acids is 1. The fourth-order valence-corrected chi connectivity index (χ4v) is 5.98. The molecule has 2 heterocycles. The summed E-state index contributed by atoms with van der Waals surface area (Å²) in [5.41, 5.74) is 7.49. The van der Waals surface area contributed by atoms with Crippen LogP contribution in [0.2, 0.25) is 10.0 Å². The molecule has 4 aromatic rings. The molecule has 2 aromatic heterocycles. The number of benzene rings is 2. The van der Waals surface area contributed by atoms with Crippen LogP contribution in [0.3, 0.4) is 0 Å². The lowest BCUT2D eigenvalue weighted by Gasteiger charge is -2.42. The van der Waals surface area contributed by atoms with Crippen molar-refractivity contribution >= 4 is 29.1 Å². The van der Waals surface area contributed by atoms with E-state index >= 15 is 0 Å². The zero-order valence-electron chi connectivity index (χ0n) is 23.9. The Morgan fingerprint density at radius 2 is 1.60 bits per heavy atom. The van der Waals surface area contributed by atoms with Crippen LogP contribution >= 0.6 is 23.2 Å². The number of hydrogen-bond acceptors (Lipinski definition) is 3. The Morgan fingerprint density at radius 3 is 2.27 bits per heavy atom. The van der Waals surface area contributed by atoms with Crippen LogP contribution in [0.5, 0.6) is 0 Å². The molecule has 4 nitrogen and oxygen atoms in total. The van der Waals surface area contributed by atoms with Gasteiger partial charge < -0.3 is 9.32 Å². The maximum Gasteiger partial charge on any atom is 0.290 e. The van der Waals surface area contributed by atoms with Gasteiger partial charge in [-0.25, -0.2) is 0 Å². The van der Waals surface area contributed by atoms with E-state index in [0.29, 0.717) is 35.3 Å². The number of rotatable bonds is 7. The van der Waals surface area contributed by atoms with E-state index < -0.39 is 0 Å². The molecule has 208 valence electrons. The van der Waals surface area contributed by atoms with Crippen LogP contribution in [-0.2, 0) is 30.3 Å². The number of furan rings is 1. The predicted molar refractivity (Wildman–Crippen MR) is 162 cm³/mol. The second-order valence-electron chi connectivity index (χ2n) is 12.3. The third-order valence-corrected chi connectivity index (χ3v) is 9.03. The van der Waals surface area contributed by atoms with Crippen molar-refractivity contribution < 1.29 is 9.21 Å². The number of halogens is 2. The van der Waals surface area contributed by atoms with Gasteiger partial charge in [-0.3, -0.25) is 9.78 Å². The standard InChI is InChI=1S/C34H36Cl2N2O2/c1-22-15-27-28(34(4,5)13-12-33(27,2)3)18-25(22)17-26-9-11-31(40-26)32(39)38(21-24-7-6-14-37-19-24)20-23-8-10-29(35)30(36)16-23/h6-11,14-16,18-19H,12-13,17,20-21H2,1-5H3. The molecule has 0 radical (unpaired) electrons. The van der Waals surface area contributed by atoms with Crippen LogP contribution in [0.25, 0.3) is 0 Å². The Kier molecular flexibility index (Phi) is 7.87. The van der Waals surface area contributed by atoms with Gasteiger partial charge in [0.2, 0.25) is 0 Å². The summed E-state index contributed by atoms with van der Waals surface area (Å²) >= 11 is 12.4. The molecule has 5 rings (SSSR count). The smallest absolute Gasteiger partial charge is 0.290 e. The first-order valence-electron chi connectivity index (χ1n) is 13.8. The molecule has 0 aliphatic heterocycles. The number of hydrogen-bond donors (Lipinski definition) is 0. The van der Waals surface area contributed by atoms with E-state index in [-0.39, 0.29) is 16.7 Å². The zero-order chi connectivity index (χ0) is 28.7. The fourth-order valence-electron chi connectivity index (χ4n) is 5.66. The summed E-state index contributed by atoms with van der Waals surface area (Å²) in [5.74, 6) is 0.900. The lowest BCUT2D eigenvalue weighted by Crippen LogP contribution is -2.34. The summed E-state index contributed by atoms with van der Waals surface area (Å²) in [6, 6.07) is 17.7. The number of aromatic nitrogens is 1. The molecular weight excluding hydrogens is 539 g/mol. The van der Waals surface area contributed by atoms with E-state index in [0.717, 1.165) is 16.9 Å². The van der Waals surface area contributed by atoms with Gasteiger partial charge in [-0.05, 0) is 94.3 Å². The molecule has 0 saturated carbocycles. The highest BCUT2D eigenvalue weighted by Gasteiger charge is 2.37. The van der Waals surface area contributed by atoms with Crippen molar-refractivity contribution in [2.75, 3.05) is 0 Å². The Hall–Kier alpha value is -3.08. The maximum absolute atomic E-state index is 13.7. The van der Waals surface area contributed by atoms with Gasteiger partial charge in [0.05, 0.1) is 10.0 Å². The lowest BCUT2D eigenvalue weighted by atomic mass is 9.62. The Morgan fingerprint density at radius 1 is 0.900 bits per heavy atom. The van der Waals surface area contributed by atoms with Gasteiger partial charge in [-0.1, -0.05) is 75.2 Å². The number of fused-ring (bicyclic) bond motifs is 1. The molecule has 0 saturated heterocycles. The van der Waals surface area contributed by atoms with Crippen LogP contribution in [0, 0.1) is 6.92 Å². The molecule has 0 spiro atoms. The van der Waals surface area contributed by atoms with Crippen molar-refractivity contribution in [3.63, 3.8) is 0 Å². The van der Waals surface area contributed by atoms with Crippen molar-refractivity contribution in [3.8, 4) is 0 Å². The Bertz CT molecular complexity index is 1540. The minimum Gasteiger partial charge on any atom is -0.456 e. The van der Waals surface area contributed by atoms with Crippen LogP contribution in [-0.4, -0.2) is 15.8 Å². The van der Waals surface area contributed by atoms with Crippen molar-refractivity contribution in [1.29, 1.82) is 0 Å². The second-order valence-corrected chi connectivity index (χ2v) is 13.1. The van der Waals surface area contributed by atoms with E-state index in [1.165, 1.54) is 35.1 Å². The first-order valence-corrected chi connectivity index (χ1v) is 14.5. The highest BCUT2D eigenvalue weighted by atomic mass is 35.5. The first kappa shape index (κ1) is 28.4. The van der Waals surface area contributed by atoms with Gasteiger partial charge in [0.1, 0.15) is 5.76 Å². The monoisotopic (exact) mass is 574 g/mol. The van der Waals surface area contributed by atoms with Crippen molar-refractivity contribution in [2.45, 2.75) is 77.8 Å². The summed E-state index contributed by atoms with van der Waals surface area (Å²) < 4.78 is 6.19. The largest absolute Gasteiger partial charge is 0.456 e. The molecule has 0 N–H and O–H groups in total. The third-order valence-electron chi connectivity index (χ3n) is 8.29. The van der Waals surface area contributed by atoms with Crippen LogP contribution in [0.1, 0.15) is 90.2 Å². The van der Waals surface area contributed by atoms with E-state index in [1.54, 1.807) is 35.5 Å². The molecule has 0 fully saturated rings. The normalized spacial score (nSPS) is 15.5. The molecule has 1 aliphatic rings. The van der Waals surface area contributed by atoms with E-state index in [2.05, 4.69) is 51.7 Å². The summed E-state index contributed by atoms with van der Waals surface area (Å²) in [5, 5.41) is 0.941. The first-order chi connectivity index (χ1) is 18.9. The number of amides is 1. The van der Waals surface area contributed by atoms with E-state index in [9.17, 15) is 4.79 Å². The quantitative estimate of drug-likeness (QED) is 0.221. The van der Waals surface area contributed by atoms with Crippen molar-refractivity contribution in [2.24, 2.45) is 0 Å².